The number of hydrogen-bond acceptors (Lipinski definition) is 4. The Morgan fingerprint density at radius 3 is 2.44 bits per heavy atom. The Balaban J connectivity index is 1.96. The summed E-state index contributed by atoms with van der Waals surface area (Å²) < 4.78 is 12.3. The van der Waals surface area contributed by atoms with E-state index in [1.807, 2.05) is 47.3 Å². The second-order valence-electron chi connectivity index (χ2n) is 5.32. The van der Waals surface area contributed by atoms with Crippen molar-refractivity contribution in [1.82, 2.24) is 4.57 Å². The highest BCUT2D eigenvalue weighted by Gasteiger charge is 2.11. The first-order valence-electron chi connectivity index (χ1n) is 7.65. The van der Waals surface area contributed by atoms with Gasteiger partial charge in [0.2, 0.25) is 0 Å². The maximum Gasteiger partial charge on any atom is 0.279 e. The molecule has 3 rings (SSSR count). The molecule has 6 heteroatoms. The SMILES string of the molecule is COc1ccc(C(=O)/N=c2\scc(-c3ccccc3)n2C)cc1OC. The largest absolute Gasteiger partial charge is 0.493 e. The van der Waals surface area contributed by atoms with Crippen LogP contribution in [0.5, 0.6) is 11.5 Å². The molecule has 128 valence electrons. The molecule has 0 N–H and O–H groups in total. The van der Waals surface area contributed by atoms with E-state index in [1.54, 1.807) is 25.3 Å². The third-order valence-electron chi connectivity index (χ3n) is 3.82. The predicted molar refractivity (Wildman–Crippen MR) is 98.2 cm³/mol. The number of methoxy groups -OCH3 is 2. The van der Waals surface area contributed by atoms with E-state index in [4.69, 9.17) is 9.47 Å². The topological polar surface area (TPSA) is 52.8 Å². The second kappa shape index (κ2) is 7.36. The normalized spacial score (nSPS) is 11.4. The van der Waals surface area contributed by atoms with Crippen LogP contribution >= 0.6 is 11.3 Å². The summed E-state index contributed by atoms with van der Waals surface area (Å²) in [5.41, 5.74) is 2.55. The summed E-state index contributed by atoms with van der Waals surface area (Å²) in [4.78, 5) is 17.4. The highest BCUT2D eigenvalue weighted by Crippen LogP contribution is 2.27. The van der Waals surface area contributed by atoms with E-state index in [1.165, 1.54) is 18.4 Å². The fourth-order valence-corrected chi connectivity index (χ4v) is 3.37. The molecular formula is C19H18N2O3S. The Bertz CT molecular complexity index is 958. The van der Waals surface area contributed by atoms with Gasteiger partial charge in [0.25, 0.3) is 5.91 Å². The van der Waals surface area contributed by atoms with E-state index in [0.29, 0.717) is 21.9 Å². The van der Waals surface area contributed by atoms with E-state index in [9.17, 15) is 4.79 Å². The number of carbonyl (C=O) groups is 1. The van der Waals surface area contributed by atoms with Crippen LogP contribution in [0.2, 0.25) is 0 Å². The lowest BCUT2D eigenvalue weighted by Crippen LogP contribution is -2.14. The van der Waals surface area contributed by atoms with Crippen molar-refractivity contribution in [1.29, 1.82) is 0 Å². The van der Waals surface area contributed by atoms with Gasteiger partial charge in [-0.1, -0.05) is 30.3 Å². The number of ether oxygens (including phenoxy) is 2. The van der Waals surface area contributed by atoms with Gasteiger partial charge in [-0.05, 0) is 23.8 Å². The third kappa shape index (κ3) is 3.49. The van der Waals surface area contributed by atoms with Gasteiger partial charge in [-0.25, -0.2) is 0 Å². The monoisotopic (exact) mass is 354 g/mol. The van der Waals surface area contributed by atoms with Crippen molar-refractivity contribution < 1.29 is 14.3 Å². The molecule has 5 nitrogen and oxygen atoms in total. The fraction of sp³-hybridized carbons (Fsp3) is 0.158. The van der Waals surface area contributed by atoms with Crippen molar-refractivity contribution in [2.75, 3.05) is 14.2 Å². The highest BCUT2D eigenvalue weighted by atomic mass is 32.1. The van der Waals surface area contributed by atoms with E-state index in [-0.39, 0.29) is 5.91 Å². The Hall–Kier alpha value is -2.86. The van der Waals surface area contributed by atoms with Crippen LogP contribution in [0.3, 0.4) is 0 Å². The number of hydrogen-bond donors (Lipinski definition) is 0. The smallest absolute Gasteiger partial charge is 0.279 e. The quantitative estimate of drug-likeness (QED) is 0.720. The Labute approximate surface area is 149 Å². The Morgan fingerprint density at radius 2 is 1.76 bits per heavy atom. The van der Waals surface area contributed by atoms with Crippen molar-refractivity contribution in [3.8, 4) is 22.8 Å². The average molecular weight is 354 g/mol. The molecule has 25 heavy (non-hydrogen) atoms. The van der Waals surface area contributed by atoms with Crippen molar-refractivity contribution in [3.63, 3.8) is 0 Å². The highest BCUT2D eigenvalue weighted by molar-refractivity contribution is 7.07. The summed E-state index contributed by atoms with van der Waals surface area (Å²) in [6.07, 6.45) is 0. The first-order valence-corrected chi connectivity index (χ1v) is 8.53. The fourth-order valence-electron chi connectivity index (χ4n) is 2.46. The number of rotatable bonds is 4. The molecule has 0 spiro atoms. The van der Waals surface area contributed by atoms with Gasteiger partial charge in [0.05, 0.1) is 19.9 Å². The van der Waals surface area contributed by atoms with Crippen LogP contribution < -0.4 is 14.3 Å². The zero-order chi connectivity index (χ0) is 17.8. The molecule has 1 amide bonds. The van der Waals surface area contributed by atoms with Crippen LogP contribution in [-0.2, 0) is 7.05 Å². The lowest BCUT2D eigenvalue weighted by molar-refractivity contribution is 0.0997. The molecule has 0 saturated heterocycles. The standard InChI is InChI=1S/C19H18N2O3S/c1-21-15(13-7-5-4-6-8-13)12-25-19(21)20-18(22)14-9-10-16(23-2)17(11-14)24-3/h4-12H,1-3H3/b20-19-. The lowest BCUT2D eigenvalue weighted by atomic mass is 10.2. The van der Waals surface area contributed by atoms with Crippen LogP contribution in [-0.4, -0.2) is 24.7 Å². The zero-order valence-electron chi connectivity index (χ0n) is 14.2. The molecule has 0 atom stereocenters. The molecule has 0 aliphatic heterocycles. The molecule has 0 aliphatic carbocycles. The van der Waals surface area contributed by atoms with Crippen molar-refractivity contribution in [3.05, 3.63) is 64.3 Å². The van der Waals surface area contributed by atoms with Gasteiger partial charge in [-0.3, -0.25) is 4.79 Å². The van der Waals surface area contributed by atoms with Gasteiger partial charge in [-0.15, -0.1) is 11.3 Å². The predicted octanol–water partition coefficient (Wildman–Crippen LogP) is 3.51. The molecule has 3 aromatic rings. The van der Waals surface area contributed by atoms with Crippen LogP contribution in [0.25, 0.3) is 11.3 Å². The Morgan fingerprint density at radius 1 is 1.04 bits per heavy atom. The second-order valence-corrected chi connectivity index (χ2v) is 6.15. The minimum Gasteiger partial charge on any atom is -0.493 e. The first kappa shape index (κ1) is 17.0. The minimum absolute atomic E-state index is 0.321. The van der Waals surface area contributed by atoms with Crippen molar-refractivity contribution in [2.45, 2.75) is 0 Å². The molecule has 2 aromatic carbocycles. The molecule has 0 aliphatic rings. The van der Waals surface area contributed by atoms with Gasteiger partial charge in [0.1, 0.15) is 0 Å². The summed E-state index contributed by atoms with van der Waals surface area (Å²) in [7, 11) is 4.99. The van der Waals surface area contributed by atoms with E-state index < -0.39 is 0 Å². The molecule has 0 fully saturated rings. The van der Waals surface area contributed by atoms with E-state index in [2.05, 4.69) is 4.99 Å². The number of carbonyl (C=O) groups excluding carboxylic acids is 1. The molecule has 0 unspecified atom stereocenters. The maximum atomic E-state index is 12.5. The maximum absolute atomic E-state index is 12.5. The van der Waals surface area contributed by atoms with E-state index in [0.717, 1.165) is 11.3 Å². The number of aromatic nitrogens is 1. The summed E-state index contributed by atoms with van der Waals surface area (Å²) >= 11 is 1.43. The minimum atomic E-state index is -0.321. The van der Waals surface area contributed by atoms with Crippen LogP contribution in [0.15, 0.2) is 58.9 Å². The van der Waals surface area contributed by atoms with Crippen molar-refractivity contribution >= 4 is 17.2 Å². The van der Waals surface area contributed by atoms with Gasteiger partial charge in [0.15, 0.2) is 16.3 Å². The summed E-state index contributed by atoms with van der Waals surface area (Å²) in [5, 5.41) is 2.00. The van der Waals surface area contributed by atoms with E-state index >= 15 is 0 Å². The third-order valence-corrected chi connectivity index (χ3v) is 4.74. The molecule has 0 bridgehead atoms. The molecule has 0 radical (unpaired) electrons. The summed E-state index contributed by atoms with van der Waals surface area (Å²) in [6, 6.07) is 15.0. The van der Waals surface area contributed by atoms with Crippen LogP contribution in [0.1, 0.15) is 10.4 Å². The molecule has 0 saturated carbocycles. The summed E-state index contributed by atoms with van der Waals surface area (Å²) in [6.45, 7) is 0. The lowest BCUT2D eigenvalue weighted by Gasteiger charge is -2.07. The molecule has 1 heterocycles. The first-order chi connectivity index (χ1) is 12.1. The number of amides is 1. The zero-order valence-corrected chi connectivity index (χ0v) is 15.0. The van der Waals surface area contributed by atoms with Crippen LogP contribution in [0, 0.1) is 0 Å². The molecular weight excluding hydrogens is 336 g/mol. The number of nitrogens with zero attached hydrogens (tertiary/aromatic N) is 2. The van der Waals surface area contributed by atoms with Crippen LogP contribution in [0.4, 0.5) is 0 Å². The molecule has 1 aromatic heterocycles. The summed E-state index contributed by atoms with van der Waals surface area (Å²) in [5.74, 6) is 0.759. The number of benzene rings is 2. The van der Waals surface area contributed by atoms with Crippen molar-refractivity contribution in [2.24, 2.45) is 12.0 Å². The van der Waals surface area contributed by atoms with Gasteiger partial charge < -0.3 is 14.0 Å². The average Bonchev–Trinajstić information content (AvgIpc) is 3.02. The Kier molecular flexibility index (Phi) is 5.00. The van der Waals surface area contributed by atoms with Gasteiger partial charge in [0, 0.05) is 18.0 Å². The van der Waals surface area contributed by atoms with Gasteiger partial charge >= 0.3 is 0 Å². The number of thiazole rings is 1. The van der Waals surface area contributed by atoms with Gasteiger partial charge in [-0.2, -0.15) is 4.99 Å².